The molecule has 2 saturated heterocycles. The minimum Gasteiger partial charge on any atom is -0.376 e. The van der Waals surface area contributed by atoms with Gasteiger partial charge in [0.05, 0.1) is 35.8 Å². The van der Waals surface area contributed by atoms with Gasteiger partial charge in [0.25, 0.3) is 0 Å². The average Bonchev–Trinajstić information content (AvgIpc) is 3.50. The fourth-order valence-corrected chi connectivity index (χ4v) is 5.37. The highest BCUT2D eigenvalue weighted by atomic mass is 16.5. The normalized spacial score (nSPS) is 23.4. The number of nitrogens with zero attached hydrogens (tertiary/aromatic N) is 5. The summed E-state index contributed by atoms with van der Waals surface area (Å²) in [5.41, 5.74) is 11.6. The fourth-order valence-electron chi connectivity index (χ4n) is 5.37. The second-order valence-corrected chi connectivity index (χ2v) is 9.05. The molecule has 31 heavy (non-hydrogen) atoms. The van der Waals surface area contributed by atoms with Gasteiger partial charge in [-0.3, -0.25) is 9.50 Å². The largest absolute Gasteiger partial charge is 0.376 e. The minimum absolute atomic E-state index is 0.0934. The van der Waals surface area contributed by atoms with Crippen LogP contribution in [0.4, 0.5) is 5.82 Å². The van der Waals surface area contributed by atoms with Crippen LogP contribution in [0.5, 0.6) is 0 Å². The zero-order valence-corrected chi connectivity index (χ0v) is 17.9. The number of aryl methyl sites for hydroxylation is 1. The first kappa shape index (κ1) is 18.8. The molecule has 0 aliphatic carbocycles. The molecule has 8 nitrogen and oxygen atoms in total. The Labute approximate surface area is 180 Å². The number of ether oxygens (including phenoxy) is 1. The lowest BCUT2D eigenvalue weighted by Crippen LogP contribution is -2.50. The van der Waals surface area contributed by atoms with Crippen molar-refractivity contribution in [2.45, 2.75) is 38.8 Å². The van der Waals surface area contributed by atoms with E-state index in [2.05, 4.69) is 56.5 Å². The van der Waals surface area contributed by atoms with E-state index in [1.54, 1.807) is 0 Å². The highest BCUT2D eigenvalue weighted by molar-refractivity contribution is 5.84. The summed E-state index contributed by atoms with van der Waals surface area (Å²) in [4.78, 5) is 12.1. The zero-order chi connectivity index (χ0) is 21.2. The van der Waals surface area contributed by atoms with E-state index in [9.17, 15) is 0 Å². The molecule has 2 aliphatic rings. The molecule has 0 radical (unpaired) electrons. The number of H-pyrrole nitrogens is 1. The lowest BCUT2D eigenvalue weighted by molar-refractivity contribution is 0.0974. The Kier molecular flexibility index (Phi) is 4.10. The van der Waals surface area contributed by atoms with Crippen LogP contribution in [0.3, 0.4) is 0 Å². The topological polar surface area (TPSA) is 97.4 Å². The van der Waals surface area contributed by atoms with Crippen LogP contribution in [-0.4, -0.2) is 56.4 Å². The molecular formula is C23H27N7O. The van der Waals surface area contributed by atoms with Crippen LogP contribution < -0.4 is 10.6 Å². The maximum atomic E-state index is 6.50. The SMILES string of the molecule is Cc1nc(N2CCC3(CC2)COC(C)C3N)c2nccn2c1-c1ccc2cn[nH]c2c1. The first-order valence-electron chi connectivity index (χ1n) is 11.0. The summed E-state index contributed by atoms with van der Waals surface area (Å²) in [6.07, 6.45) is 7.89. The van der Waals surface area contributed by atoms with E-state index in [4.69, 9.17) is 15.5 Å². The molecular weight excluding hydrogens is 390 g/mol. The summed E-state index contributed by atoms with van der Waals surface area (Å²) in [6.45, 7) is 6.76. The first-order valence-corrected chi connectivity index (χ1v) is 11.0. The summed E-state index contributed by atoms with van der Waals surface area (Å²) < 4.78 is 8.04. The number of aromatic amines is 1. The Hall–Kier alpha value is -2.97. The highest BCUT2D eigenvalue weighted by Gasteiger charge is 2.47. The molecule has 2 atom stereocenters. The van der Waals surface area contributed by atoms with Crippen molar-refractivity contribution in [3.8, 4) is 11.3 Å². The van der Waals surface area contributed by atoms with Gasteiger partial charge in [-0.05, 0) is 32.8 Å². The van der Waals surface area contributed by atoms with Gasteiger partial charge in [-0.25, -0.2) is 9.97 Å². The Morgan fingerprint density at radius 3 is 2.87 bits per heavy atom. The van der Waals surface area contributed by atoms with Gasteiger partial charge in [0.1, 0.15) is 0 Å². The molecule has 160 valence electrons. The third kappa shape index (κ3) is 2.78. The first-order chi connectivity index (χ1) is 15.1. The molecule has 0 bridgehead atoms. The predicted molar refractivity (Wildman–Crippen MR) is 120 cm³/mol. The number of aromatic nitrogens is 5. The number of imidazole rings is 1. The Morgan fingerprint density at radius 1 is 1.26 bits per heavy atom. The maximum absolute atomic E-state index is 6.50. The van der Waals surface area contributed by atoms with E-state index < -0.39 is 0 Å². The molecule has 4 aromatic rings. The molecule has 3 aromatic heterocycles. The van der Waals surface area contributed by atoms with Gasteiger partial charge >= 0.3 is 0 Å². The molecule has 0 amide bonds. The van der Waals surface area contributed by atoms with Crippen LogP contribution in [0, 0.1) is 12.3 Å². The van der Waals surface area contributed by atoms with E-state index >= 15 is 0 Å². The predicted octanol–water partition coefficient (Wildman–Crippen LogP) is 2.91. The van der Waals surface area contributed by atoms with Gasteiger partial charge in [-0.2, -0.15) is 5.10 Å². The van der Waals surface area contributed by atoms with Crippen LogP contribution in [0.15, 0.2) is 36.8 Å². The smallest absolute Gasteiger partial charge is 0.180 e. The van der Waals surface area contributed by atoms with Gasteiger partial charge in [0, 0.05) is 47.9 Å². The van der Waals surface area contributed by atoms with Crippen molar-refractivity contribution in [3.05, 3.63) is 42.5 Å². The van der Waals surface area contributed by atoms with Crippen molar-refractivity contribution in [2.75, 3.05) is 24.6 Å². The van der Waals surface area contributed by atoms with Crippen molar-refractivity contribution in [1.29, 1.82) is 0 Å². The molecule has 1 aromatic carbocycles. The number of fused-ring (bicyclic) bond motifs is 2. The second kappa shape index (κ2) is 6.77. The summed E-state index contributed by atoms with van der Waals surface area (Å²) >= 11 is 0. The van der Waals surface area contributed by atoms with Crippen molar-refractivity contribution >= 4 is 22.4 Å². The van der Waals surface area contributed by atoms with Gasteiger partial charge in [-0.15, -0.1) is 0 Å². The van der Waals surface area contributed by atoms with Crippen LogP contribution in [0.25, 0.3) is 27.8 Å². The number of benzene rings is 1. The van der Waals surface area contributed by atoms with Crippen molar-refractivity contribution in [1.82, 2.24) is 24.6 Å². The number of hydrogen-bond donors (Lipinski definition) is 2. The van der Waals surface area contributed by atoms with Gasteiger partial charge in [0.2, 0.25) is 0 Å². The standard InChI is InChI=1S/C23H27N7O/c1-14-19(16-3-4-17-12-26-28-18(17)11-16)30-10-7-25-21(30)22(27-14)29-8-5-23(6-9-29)13-31-15(2)20(23)24/h3-4,7,10-12,15,20H,5-6,8-9,13,24H2,1-2H3,(H,26,28). The molecule has 5 heterocycles. The molecule has 3 N–H and O–H groups in total. The quantitative estimate of drug-likeness (QED) is 0.521. The summed E-state index contributed by atoms with van der Waals surface area (Å²) in [6, 6.07) is 6.44. The molecule has 2 fully saturated rings. The molecule has 2 unspecified atom stereocenters. The van der Waals surface area contributed by atoms with E-state index in [0.717, 1.165) is 71.9 Å². The van der Waals surface area contributed by atoms with Gasteiger partial charge in [0.15, 0.2) is 11.5 Å². The molecule has 0 saturated carbocycles. The van der Waals surface area contributed by atoms with E-state index in [1.807, 2.05) is 18.6 Å². The summed E-state index contributed by atoms with van der Waals surface area (Å²) in [7, 11) is 0. The lowest BCUT2D eigenvalue weighted by atomic mass is 9.73. The number of rotatable bonds is 2. The van der Waals surface area contributed by atoms with E-state index in [0.29, 0.717) is 0 Å². The third-order valence-corrected chi connectivity index (χ3v) is 7.32. The minimum atomic E-state index is 0.0934. The van der Waals surface area contributed by atoms with Crippen LogP contribution in [0.1, 0.15) is 25.5 Å². The molecule has 8 heteroatoms. The number of nitrogens with two attached hydrogens (primary N) is 1. The van der Waals surface area contributed by atoms with Gasteiger partial charge in [-0.1, -0.05) is 12.1 Å². The Bertz CT molecular complexity index is 1270. The molecule has 6 rings (SSSR count). The van der Waals surface area contributed by atoms with Crippen LogP contribution in [0.2, 0.25) is 0 Å². The maximum Gasteiger partial charge on any atom is 0.180 e. The van der Waals surface area contributed by atoms with Gasteiger partial charge < -0.3 is 15.4 Å². The van der Waals surface area contributed by atoms with E-state index in [1.165, 1.54) is 0 Å². The third-order valence-electron chi connectivity index (χ3n) is 7.32. The zero-order valence-electron chi connectivity index (χ0n) is 17.9. The molecule has 2 aliphatic heterocycles. The Balaban J connectivity index is 1.37. The van der Waals surface area contributed by atoms with Crippen LogP contribution in [-0.2, 0) is 4.74 Å². The fraction of sp³-hybridized carbons (Fsp3) is 0.435. The number of piperidine rings is 1. The average molecular weight is 418 g/mol. The Morgan fingerprint density at radius 2 is 2.10 bits per heavy atom. The van der Waals surface area contributed by atoms with Crippen molar-refractivity contribution in [3.63, 3.8) is 0 Å². The summed E-state index contributed by atoms with van der Waals surface area (Å²) in [5, 5.41) is 8.30. The monoisotopic (exact) mass is 417 g/mol. The highest BCUT2D eigenvalue weighted by Crippen LogP contribution is 2.42. The number of nitrogens with one attached hydrogen (secondary N) is 1. The van der Waals surface area contributed by atoms with Crippen molar-refractivity contribution in [2.24, 2.45) is 11.1 Å². The second-order valence-electron chi connectivity index (χ2n) is 9.05. The number of anilines is 1. The van der Waals surface area contributed by atoms with Crippen LogP contribution >= 0.6 is 0 Å². The summed E-state index contributed by atoms with van der Waals surface area (Å²) in [5.74, 6) is 0.948. The van der Waals surface area contributed by atoms with E-state index in [-0.39, 0.29) is 17.6 Å². The van der Waals surface area contributed by atoms with Crippen molar-refractivity contribution < 1.29 is 4.74 Å². The lowest BCUT2D eigenvalue weighted by Gasteiger charge is -2.41. The number of hydrogen-bond acceptors (Lipinski definition) is 6. The molecule has 1 spiro atoms.